The van der Waals surface area contributed by atoms with Crippen molar-refractivity contribution >= 4 is 10.9 Å². The molecule has 0 radical (unpaired) electrons. The molecule has 0 saturated carbocycles. The van der Waals surface area contributed by atoms with Gasteiger partial charge in [-0.05, 0) is 51.4 Å². The number of fused-ring (bicyclic) bond motifs is 1. The highest BCUT2D eigenvalue weighted by molar-refractivity contribution is 5.78. The summed E-state index contributed by atoms with van der Waals surface area (Å²) in [6, 6.07) is 7.10. The van der Waals surface area contributed by atoms with Crippen molar-refractivity contribution in [3.05, 3.63) is 46.6 Å². The first-order valence-electron chi connectivity index (χ1n) is 10.6. The van der Waals surface area contributed by atoms with Gasteiger partial charge in [0.2, 0.25) is 5.88 Å². The monoisotopic (exact) mass is 424 g/mol. The molecule has 0 aliphatic carbocycles. The molecule has 1 fully saturated rings. The van der Waals surface area contributed by atoms with Gasteiger partial charge in [0, 0.05) is 18.7 Å². The van der Waals surface area contributed by atoms with Crippen molar-refractivity contribution in [3.8, 4) is 23.1 Å². The lowest BCUT2D eigenvalue weighted by atomic mass is 10.2. The summed E-state index contributed by atoms with van der Waals surface area (Å²) in [4.78, 5) is 24.4. The van der Waals surface area contributed by atoms with E-state index in [4.69, 9.17) is 14.2 Å². The summed E-state index contributed by atoms with van der Waals surface area (Å²) in [5, 5.41) is 0.432. The lowest BCUT2D eigenvalue weighted by molar-refractivity contribution is 0.262. The van der Waals surface area contributed by atoms with Crippen LogP contribution in [0.25, 0.3) is 16.6 Å². The fourth-order valence-electron chi connectivity index (χ4n) is 3.99. The van der Waals surface area contributed by atoms with Crippen LogP contribution in [0.3, 0.4) is 0 Å². The van der Waals surface area contributed by atoms with Gasteiger partial charge in [-0.1, -0.05) is 0 Å². The topological polar surface area (TPSA) is 78.7 Å². The largest absolute Gasteiger partial charge is 0.494 e. The van der Waals surface area contributed by atoms with Crippen LogP contribution in [0.2, 0.25) is 0 Å². The molecule has 8 heteroatoms. The molecule has 0 bridgehead atoms. The smallest absolute Gasteiger partial charge is 0.266 e. The van der Waals surface area contributed by atoms with Gasteiger partial charge in [-0.3, -0.25) is 9.36 Å². The normalized spacial score (nSPS) is 14.2. The van der Waals surface area contributed by atoms with Crippen LogP contribution >= 0.6 is 0 Å². The molecule has 2 aromatic heterocycles. The van der Waals surface area contributed by atoms with E-state index in [1.165, 1.54) is 37.6 Å². The molecule has 3 heterocycles. The number of methoxy groups -OCH3 is 2. The fraction of sp³-hybridized carbons (Fsp3) is 0.435. The lowest BCUT2D eigenvalue weighted by Gasteiger charge is -2.17. The Labute approximate surface area is 181 Å². The number of hydrogen-bond acceptors (Lipinski definition) is 7. The van der Waals surface area contributed by atoms with E-state index in [2.05, 4.69) is 14.9 Å². The average Bonchev–Trinajstić information content (AvgIpc) is 3.30. The number of nitrogens with zero attached hydrogens (tertiary/aromatic N) is 4. The van der Waals surface area contributed by atoms with E-state index in [1.807, 2.05) is 18.2 Å². The Morgan fingerprint density at radius 2 is 1.90 bits per heavy atom. The average molecular weight is 425 g/mol. The van der Waals surface area contributed by atoms with E-state index >= 15 is 0 Å². The van der Waals surface area contributed by atoms with Gasteiger partial charge < -0.3 is 19.1 Å². The Kier molecular flexibility index (Phi) is 6.36. The van der Waals surface area contributed by atoms with E-state index in [0.717, 1.165) is 13.0 Å². The van der Waals surface area contributed by atoms with Gasteiger partial charge in [0.1, 0.15) is 17.3 Å². The van der Waals surface area contributed by atoms with Gasteiger partial charge in [0.25, 0.3) is 5.56 Å². The van der Waals surface area contributed by atoms with Gasteiger partial charge in [-0.15, -0.1) is 0 Å². The van der Waals surface area contributed by atoms with Crippen LogP contribution in [0.4, 0.5) is 0 Å². The summed E-state index contributed by atoms with van der Waals surface area (Å²) in [6.07, 6.45) is 5.12. The van der Waals surface area contributed by atoms with E-state index in [-0.39, 0.29) is 5.56 Å². The molecule has 0 spiro atoms. The zero-order valence-electron chi connectivity index (χ0n) is 18.3. The van der Waals surface area contributed by atoms with Crippen LogP contribution in [0.1, 0.15) is 25.1 Å². The summed E-state index contributed by atoms with van der Waals surface area (Å²) in [5.74, 6) is 2.17. The van der Waals surface area contributed by atoms with Crippen molar-refractivity contribution in [2.75, 3.05) is 40.5 Å². The number of rotatable bonds is 8. The standard InChI is InChI=1S/C23H28N4O4/c1-16-25-19-15-24-22(30-3)14-18(19)23(28)27(16)20-8-7-17(13-21(20)29-2)31-12-6-11-26-9-4-5-10-26/h7-8,13-15H,4-6,9-12H2,1-3H3. The van der Waals surface area contributed by atoms with Gasteiger partial charge in [0.15, 0.2) is 0 Å². The molecule has 0 amide bonds. The second-order valence-corrected chi connectivity index (χ2v) is 7.63. The summed E-state index contributed by atoms with van der Waals surface area (Å²) >= 11 is 0. The number of aromatic nitrogens is 3. The van der Waals surface area contributed by atoms with E-state index in [1.54, 1.807) is 26.3 Å². The maximum atomic E-state index is 13.3. The molecular formula is C23H28N4O4. The third-order valence-corrected chi connectivity index (χ3v) is 5.58. The number of pyridine rings is 1. The van der Waals surface area contributed by atoms with Gasteiger partial charge in [-0.2, -0.15) is 0 Å². The molecule has 164 valence electrons. The van der Waals surface area contributed by atoms with Crippen LogP contribution in [0.15, 0.2) is 35.3 Å². The molecule has 0 N–H and O–H groups in total. The minimum absolute atomic E-state index is 0.208. The van der Waals surface area contributed by atoms with Gasteiger partial charge in [-0.25, -0.2) is 9.97 Å². The molecule has 4 rings (SSSR count). The predicted molar refractivity (Wildman–Crippen MR) is 119 cm³/mol. The highest BCUT2D eigenvalue weighted by Gasteiger charge is 2.16. The highest BCUT2D eigenvalue weighted by atomic mass is 16.5. The number of likely N-dealkylation sites (tertiary alicyclic amines) is 1. The summed E-state index contributed by atoms with van der Waals surface area (Å²) < 4.78 is 18.2. The summed E-state index contributed by atoms with van der Waals surface area (Å²) in [6.45, 7) is 5.87. The summed E-state index contributed by atoms with van der Waals surface area (Å²) in [5.41, 5.74) is 0.928. The van der Waals surface area contributed by atoms with Crippen molar-refractivity contribution in [3.63, 3.8) is 0 Å². The molecule has 1 aliphatic heterocycles. The molecule has 0 atom stereocenters. The second kappa shape index (κ2) is 9.34. The first kappa shape index (κ1) is 21.1. The highest BCUT2D eigenvalue weighted by Crippen LogP contribution is 2.28. The van der Waals surface area contributed by atoms with Gasteiger partial charge in [0.05, 0.1) is 43.6 Å². The van der Waals surface area contributed by atoms with E-state index in [9.17, 15) is 4.79 Å². The minimum atomic E-state index is -0.208. The van der Waals surface area contributed by atoms with Crippen LogP contribution in [0, 0.1) is 6.92 Å². The van der Waals surface area contributed by atoms with E-state index < -0.39 is 0 Å². The third kappa shape index (κ3) is 4.49. The zero-order chi connectivity index (χ0) is 21.8. The Hall–Kier alpha value is -3.13. The molecule has 3 aromatic rings. The first-order valence-corrected chi connectivity index (χ1v) is 10.6. The molecule has 31 heavy (non-hydrogen) atoms. The number of benzene rings is 1. The van der Waals surface area contributed by atoms with Crippen LogP contribution in [-0.2, 0) is 0 Å². The fourth-order valence-corrected chi connectivity index (χ4v) is 3.99. The molecular weight excluding hydrogens is 396 g/mol. The summed E-state index contributed by atoms with van der Waals surface area (Å²) in [7, 11) is 3.10. The molecule has 0 unspecified atom stereocenters. The Morgan fingerprint density at radius 1 is 1.10 bits per heavy atom. The van der Waals surface area contributed by atoms with Crippen molar-refractivity contribution in [1.82, 2.24) is 19.4 Å². The SMILES string of the molecule is COc1cc2c(=O)n(-c3ccc(OCCCN4CCCC4)cc3OC)c(C)nc2cn1. The number of ether oxygens (including phenoxy) is 3. The molecule has 1 aliphatic rings. The van der Waals surface area contributed by atoms with Crippen LogP contribution in [-0.4, -0.2) is 59.9 Å². The molecule has 1 aromatic carbocycles. The van der Waals surface area contributed by atoms with Crippen LogP contribution in [0.5, 0.6) is 17.4 Å². The Balaban J connectivity index is 1.58. The van der Waals surface area contributed by atoms with Crippen molar-refractivity contribution < 1.29 is 14.2 Å². The first-order chi connectivity index (χ1) is 15.1. The second-order valence-electron chi connectivity index (χ2n) is 7.63. The molecule has 1 saturated heterocycles. The molecule has 8 nitrogen and oxygen atoms in total. The van der Waals surface area contributed by atoms with Crippen molar-refractivity contribution in [1.29, 1.82) is 0 Å². The number of hydrogen-bond donors (Lipinski definition) is 0. The lowest BCUT2D eigenvalue weighted by Crippen LogP contribution is -2.23. The maximum Gasteiger partial charge on any atom is 0.266 e. The van der Waals surface area contributed by atoms with Crippen LogP contribution < -0.4 is 19.8 Å². The minimum Gasteiger partial charge on any atom is -0.494 e. The predicted octanol–water partition coefficient (Wildman–Crippen LogP) is 2.97. The Morgan fingerprint density at radius 3 is 2.65 bits per heavy atom. The zero-order valence-corrected chi connectivity index (χ0v) is 18.3. The van der Waals surface area contributed by atoms with Crippen molar-refractivity contribution in [2.45, 2.75) is 26.2 Å². The van der Waals surface area contributed by atoms with E-state index in [0.29, 0.717) is 46.4 Å². The van der Waals surface area contributed by atoms with Gasteiger partial charge >= 0.3 is 0 Å². The van der Waals surface area contributed by atoms with Crippen molar-refractivity contribution in [2.24, 2.45) is 0 Å². The number of aryl methyl sites for hydroxylation is 1. The Bertz CT molecular complexity index is 1120. The third-order valence-electron chi connectivity index (χ3n) is 5.58. The maximum absolute atomic E-state index is 13.3. The quantitative estimate of drug-likeness (QED) is 0.515.